The summed E-state index contributed by atoms with van der Waals surface area (Å²) in [7, 11) is -3.75. The van der Waals surface area contributed by atoms with Gasteiger partial charge in [0.1, 0.15) is 5.82 Å². The molecule has 1 aliphatic rings. The molecule has 154 valence electrons. The molecule has 0 unspecified atom stereocenters. The monoisotopic (exact) mass is 438 g/mol. The van der Waals surface area contributed by atoms with Crippen molar-refractivity contribution in [3.8, 4) is 0 Å². The predicted octanol–water partition coefficient (Wildman–Crippen LogP) is 3.77. The maximum absolute atomic E-state index is 13.1. The fourth-order valence-electron chi connectivity index (χ4n) is 3.06. The number of nitrogens with zero attached hydrogens (tertiary/aromatic N) is 2. The van der Waals surface area contributed by atoms with Gasteiger partial charge in [-0.05, 0) is 35.9 Å². The minimum atomic E-state index is -4.43. The van der Waals surface area contributed by atoms with Crippen LogP contribution < -0.4 is 0 Å². The summed E-state index contributed by atoms with van der Waals surface area (Å²) in [6, 6.07) is 9.95. The zero-order chi connectivity index (χ0) is 19.7. The number of sulfonamides is 1. The topological polar surface area (TPSA) is 40.6 Å². The van der Waals surface area contributed by atoms with E-state index in [9.17, 15) is 26.0 Å². The average Bonchev–Trinajstić information content (AvgIpc) is 2.62. The van der Waals surface area contributed by atoms with E-state index in [-0.39, 0.29) is 42.5 Å². The minimum Gasteiger partial charge on any atom is -0.296 e. The molecule has 2 aromatic carbocycles. The van der Waals surface area contributed by atoms with Crippen molar-refractivity contribution in [1.82, 2.24) is 9.21 Å². The molecule has 0 aromatic heterocycles. The number of piperazine rings is 1. The molecule has 0 saturated carbocycles. The minimum absolute atomic E-state index is 0. The van der Waals surface area contributed by atoms with Crippen molar-refractivity contribution in [1.29, 1.82) is 0 Å². The highest BCUT2D eigenvalue weighted by Crippen LogP contribution is 2.32. The molecule has 1 aliphatic heterocycles. The Morgan fingerprint density at radius 1 is 0.893 bits per heavy atom. The fraction of sp³-hybridized carbons (Fsp3) is 0.333. The van der Waals surface area contributed by atoms with Crippen molar-refractivity contribution >= 4 is 22.4 Å². The van der Waals surface area contributed by atoms with Gasteiger partial charge in [0.25, 0.3) is 0 Å². The molecule has 4 nitrogen and oxygen atoms in total. The van der Waals surface area contributed by atoms with E-state index in [4.69, 9.17) is 0 Å². The molecule has 0 radical (unpaired) electrons. The summed E-state index contributed by atoms with van der Waals surface area (Å²) in [4.78, 5) is 1.79. The van der Waals surface area contributed by atoms with E-state index in [1.54, 1.807) is 11.0 Å². The summed E-state index contributed by atoms with van der Waals surface area (Å²) in [5, 5.41) is 0. The summed E-state index contributed by atoms with van der Waals surface area (Å²) >= 11 is 0. The summed E-state index contributed by atoms with van der Waals surface area (Å²) in [5.41, 5.74) is -0.508. The second kappa shape index (κ2) is 8.77. The smallest absolute Gasteiger partial charge is 0.296 e. The second-order valence-corrected chi connectivity index (χ2v) is 8.23. The normalized spacial score (nSPS) is 16.6. The van der Waals surface area contributed by atoms with Crippen LogP contribution in [0.4, 0.5) is 17.6 Å². The van der Waals surface area contributed by atoms with Crippen molar-refractivity contribution in [3.63, 3.8) is 0 Å². The van der Waals surface area contributed by atoms with Crippen LogP contribution in [0.5, 0.6) is 0 Å². The SMILES string of the molecule is Cl.O=S(=O)(c1ccc(F)cc1)N1CCN(Cc2ccccc2C(F)(F)F)CC1. The first-order valence-electron chi connectivity index (χ1n) is 8.31. The molecule has 3 rings (SSSR count). The van der Waals surface area contributed by atoms with Gasteiger partial charge in [0.05, 0.1) is 10.5 Å². The first-order chi connectivity index (χ1) is 12.7. The summed E-state index contributed by atoms with van der Waals surface area (Å²) in [5.74, 6) is -0.526. The lowest BCUT2D eigenvalue weighted by molar-refractivity contribution is -0.138. The third kappa shape index (κ3) is 5.02. The summed E-state index contributed by atoms with van der Waals surface area (Å²) < 4.78 is 78.8. The van der Waals surface area contributed by atoms with Crippen LogP contribution in [0.15, 0.2) is 53.4 Å². The second-order valence-electron chi connectivity index (χ2n) is 6.29. The Balaban J connectivity index is 0.00000280. The van der Waals surface area contributed by atoms with E-state index < -0.39 is 27.6 Å². The van der Waals surface area contributed by atoms with Crippen molar-refractivity contribution < 1.29 is 26.0 Å². The third-order valence-corrected chi connectivity index (χ3v) is 6.41. The van der Waals surface area contributed by atoms with E-state index in [2.05, 4.69) is 0 Å². The first kappa shape index (κ1) is 22.6. The van der Waals surface area contributed by atoms with Crippen LogP contribution in [-0.4, -0.2) is 43.8 Å². The van der Waals surface area contributed by atoms with Crippen LogP contribution in [0.3, 0.4) is 0 Å². The molecule has 0 aliphatic carbocycles. The molecule has 0 atom stereocenters. The molecule has 10 heteroatoms. The highest BCUT2D eigenvalue weighted by atomic mass is 35.5. The molecule has 0 amide bonds. The Morgan fingerprint density at radius 2 is 1.46 bits per heavy atom. The van der Waals surface area contributed by atoms with Crippen LogP contribution in [0.25, 0.3) is 0 Å². The van der Waals surface area contributed by atoms with E-state index in [0.29, 0.717) is 13.1 Å². The zero-order valence-corrected chi connectivity index (χ0v) is 16.3. The number of hydrogen-bond acceptors (Lipinski definition) is 3. The highest BCUT2D eigenvalue weighted by molar-refractivity contribution is 7.89. The lowest BCUT2D eigenvalue weighted by Gasteiger charge is -2.34. The molecular formula is C18H19ClF4N2O2S. The Labute approximate surface area is 167 Å². The molecule has 1 fully saturated rings. The number of alkyl halides is 3. The molecule has 28 heavy (non-hydrogen) atoms. The molecule has 0 spiro atoms. The Kier molecular flexibility index (Phi) is 7.08. The van der Waals surface area contributed by atoms with Crippen molar-refractivity contribution in [2.24, 2.45) is 0 Å². The van der Waals surface area contributed by atoms with E-state index >= 15 is 0 Å². The quantitative estimate of drug-likeness (QED) is 0.682. The number of hydrogen-bond donors (Lipinski definition) is 0. The van der Waals surface area contributed by atoms with Gasteiger partial charge in [-0.15, -0.1) is 12.4 Å². The molecule has 0 N–H and O–H groups in total. The number of halogens is 5. The van der Waals surface area contributed by atoms with Crippen LogP contribution >= 0.6 is 12.4 Å². The zero-order valence-electron chi connectivity index (χ0n) is 14.7. The number of rotatable bonds is 4. The first-order valence-corrected chi connectivity index (χ1v) is 9.75. The van der Waals surface area contributed by atoms with Gasteiger partial charge >= 0.3 is 6.18 Å². The fourth-order valence-corrected chi connectivity index (χ4v) is 4.48. The maximum atomic E-state index is 13.1. The van der Waals surface area contributed by atoms with Gasteiger partial charge in [-0.1, -0.05) is 18.2 Å². The summed E-state index contributed by atoms with van der Waals surface area (Å²) in [6.07, 6.45) is -4.43. The van der Waals surface area contributed by atoms with Crippen molar-refractivity contribution in [2.75, 3.05) is 26.2 Å². The molecule has 1 saturated heterocycles. The summed E-state index contributed by atoms with van der Waals surface area (Å²) in [6.45, 7) is 1.04. The highest BCUT2D eigenvalue weighted by Gasteiger charge is 2.34. The van der Waals surface area contributed by atoms with E-state index in [1.807, 2.05) is 0 Å². The Morgan fingerprint density at radius 3 is 2.04 bits per heavy atom. The van der Waals surface area contributed by atoms with Gasteiger partial charge in [0, 0.05) is 32.7 Å². The molecule has 2 aromatic rings. The number of benzene rings is 2. The van der Waals surface area contributed by atoms with Gasteiger partial charge < -0.3 is 0 Å². The van der Waals surface area contributed by atoms with Gasteiger partial charge in [-0.25, -0.2) is 12.8 Å². The molecule has 1 heterocycles. The van der Waals surface area contributed by atoms with E-state index in [0.717, 1.165) is 18.2 Å². The average molecular weight is 439 g/mol. The van der Waals surface area contributed by atoms with Crippen LogP contribution in [-0.2, 0) is 22.7 Å². The lowest BCUT2D eigenvalue weighted by Crippen LogP contribution is -2.48. The van der Waals surface area contributed by atoms with Gasteiger partial charge in [-0.3, -0.25) is 4.90 Å². The standard InChI is InChI=1S/C18H18F4N2O2S.ClH/c19-15-5-7-16(8-6-15)27(25,26)24-11-9-23(10-12-24)13-14-3-1-2-4-17(14)18(20,21)22;/h1-8H,9-13H2;1H. The molecule has 0 bridgehead atoms. The van der Waals surface area contributed by atoms with Crippen LogP contribution in [0.1, 0.15) is 11.1 Å². The van der Waals surface area contributed by atoms with Gasteiger partial charge in [-0.2, -0.15) is 17.5 Å². The van der Waals surface area contributed by atoms with E-state index in [1.165, 1.54) is 28.6 Å². The van der Waals surface area contributed by atoms with Crippen LogP contribution in [0, 0.1) is 5.82 Å². The lowest BCUT2D eigenvalue weighted by atomic mass is 10.1. The largest absolute Gasteiger partial charge is 0.416 e. The Hall–Kier alpha value is -1.68. The molecular weight excluding hydrogens is 420 g/mol. The van der Waals surface area contributed by atoms with Crippen molar-refractivity contribution in [3.05, 3.63) is 65.5 Å². The third-order valence-electron chi connectivity index (χ3n) is 4.50. The van der Waals surface area contributed by atoms with Gasteiger partial charge in [0.15, 0.2) is 0 Å². The van der Waals surface area contributed by atoms with Gasteiger partial charge in [0.2, 0.25) is 10.0 Å². The Bertz CT molecular complexity index is 897. The maximum Gasteiger partial charge on any atom is 0.416 e. The van der Waals surface area contributed by atoms with Crippen LogP contribution in [0.2, 0.25) is 0 Å². The predicted molar refractivity (Wildman–Crippen MR) is 99.1 cm³/mol. The van der Waals surface area contributed by atoms with Crippen molar-refractivity contribution in [2.45, 2.75) is 17.6 Å².